The zero-order valence-electron chi connectivity index (χ0n) is 21.6. The van der Waals surface area contributed by atoms with E-state index in [9.17, 15) is 28.8 Å². The quantitative estimate of drug-likeness (QED) is 0.112. The van der Waals surface area contributed by atoms with Crippen molar-refractivity contribution in [2.75, 3.05) is 39.6 Å². The number of ether oxygens (including phenoxy) is 6. The van der Waals surface area contributed by atoms with Crippen LogP contribution in [0.4, 0.5) is 0 Å². The van der Waals surface area contributed by atoms with Gasteiger partial charge in [0.1, 0.15) is 0 Å². The summed E-state index contributed by atoms with van der Waals surface area (Å²) in [6, 6.07) is 0. The van der Waals surface area contributed by atoms with Gasteiger partial charge in [-0.2, -0.15) is 0 Å². The molecule has 214 valence electrons. The first-order valence-corrected chi connectivity index (χ1v) is 13.8. The molecule has 0 rings (SSSR count). The minimum atomic E-state index is -2.10. The van der Waals surface area contributed by atoms with Crippen LogP contribution in [-0.2, 0) is 57.2 Å². The zero-order valence-corrected chi connectivity index (χ0v) is 26.3. The first kappa shape index (κ1) is 37.4. The first-order chi connectivity index (χ1) is 17.3. The fourth-order valence-corrected chi connectivity index (χ4v) is 4.24. The van der Waals surface area contributed by atoms with Gasteiger partial charge in [0.25, 0.3) is 0 Å². The third-order valence-corrected chi connectivity index (χ3v) is 6.47. The number of hydrogen-bond acceptors (Lipinski definition) is 12. The minimum Gasteiger partial charge on any atom is -0.465 e. The van der Waals surface area contributed by atoms with E-state index in [4.69, 9.17) is 18.9 Å². The maximum atomic E-state index is 12.3. The van der Waals surface area contributed by atoms with Crippen LogP contribution >= 0.6 is 47.8 Å². The van der Waals surface area contributed by atoms with Gasteiger partial charge in [0.2, 0.25) is 13.5 Å². The predicted octanol–water partition coefficient (Wildman–Crippen LogP) is 2.77. The van der Waals surface area contributed by atoms with Crippen LogP contribution in [0.1, 0.15) is 48.0 Å². The molecule has 0 aliphatic heterocycles. The van der Waals surface area contributed by atoms with E-state index in [0.717, 1.165) is 0 Å². The Morgan fingerprint density at radius 3 is 0.919 bits per heavy atom. The van der Waals surface area contributed by atoms with Crippen LogP contribution in [0, 0.1) is 0 Å². The predicted molar refractivity (Wildman–Crippen MR) is 140 cm³/mol. The molecule has 0 saturated carbocycles. The lowest BCUT2D eigenvalue weighted by Crippen LogP contribution is -2.54. The SMILES string of the molecule is CCOC(=O)C(Br)(CC(Br)(C(=O)OCC)C(=O)OCC)C(=O)OCC.CCOC(=O)C(Br)C(=O)OCC. The summed E-state index contributed by atoms with van der Waals surface area (Å²) in [4.78, 5) is 70.1. The molecule has 0 aliphatic rings. The van der Waals surface area contributed by atoms with E-state index in [2.05, 4.69) is 57.3 Å². The standard InChI is InChI=1S/C15H22Br2O8.C7H11BrO4/c1-5-22-10(18)14(16,11(19)23-6-2)9-15(17,12(20)24-7-3)13(21)25-8-4;1-3-11-6(9)5(8)7(10)12-4-2/h5-9H2,1-4H3;5H,3-4H2,1-2H3. The number of alkyl halides is 3. The van der Waals surface area contributed by atoms with E-state index in [1.807, 2.05) is 0 Å². The maximum absolute atomic E-state index is 12.3. The van der Waals surface area contributed by atoms with Gasteiger partial charge in [0.15, 0.2) is 0 Å². The molecule has 0 amide bonds. The normalized spacial score (nSPS) is 10.9. The molecule has 0 aromatic rings. The number of carbonyl (C=O) groups excluding carboxylic acids is 6. The Balaban J connectivity index is 0. The summed E-state index contributed by atoms with van der Waals surface area (Å²) in [6.45, 7) is 9.98. The smallest absolute Gasteiger partial charge is 0.334 e. The Bertz CT molecular complexity index is 689. The highest BCUT2D eigenvalue weighted by molar-refractivity contribution is 9.11. The summed E-state index contributed by atoms with van der Waals surface area (Å²) < 4.78 is 24.5. The van der Waals surface area contributed by atoms with E-state index >= 15 is 0 Å². The van der Waals surface area contributed by atoms with Gasteiger partial charge in [-0.1, -0.05) is 47.8 Å². The zero-order chi connectivity index (χ0) is 29.2. The summed E-state index contributed by atoms with van der Waals surface area (Å²) in [5.74, 6) is -5.21. The number of halogens is 3. The first-order valence-electron chi connectivity index (χ1n) is 11.3. The van der Waals surface area contributed by atoms with Gasteiger partial charge in [-0.25, -0.2) is 19.2 Å². The average molecular weight is 729 g/mol. The van der Waals surface area contributed by atoms with Crippen LogP contribution in [0.15, 0.2) is 0 Å². The van der Waals surface area contributed by atoms with Gasteiger partial charge in [-0.3, -0.25) is 9.59 Å². The lowest BCUT2D eigenvalue weighted by Gasteiger charge is -2.30. The van der Waals surface area contributed by atoms with Gasteiger partial charge >= 0.3 is 35.8 Å². The third kappa shape index (κ3) is 12.1. The number of hydrogen-bond donors (Lipinski definition) is 0. The molecule has 0 heterocycles. The van der Waals surface area contributed by atoms with Crippen molar-refractivity contribution in [1.82, 2.24) is 0 Å². The average Bonchev–Trinajstić information content (AvgIpc) is 2.84. The summed E-state index contributed by atoms with van der Waals surface area (Å²) >= 11 is 8.86. The highest BCUT2D eigenvalue weighted by atomic mass is 79.9. The summed E-state index contributed by atoms with van der Waals surface area (Å²) in [6.07, 6.45) is -0.657. The molecule has 0 fully saturated rings. The van der Waals surface area contributed by atoms with Crippen molar-refractivity contribution in [3.8, 4) is 0 Å². The number of carbonyl (C=O) groups is 6. The van der Waals surface area contributed by atoms with Gasteiger partial charge in [0.05, 0.1) is 39.6 Å². The molecule has 0 atom stereocenters. The van der Waals surface area contributed by atoms with Crippen LogP contribution in [-0.4, -0.2) is 88.9 Å². The van der Waals surface area contributed by atoms with E-state index in [-0.39, 0.29) is 39.6 Å². The van der Waals surface area contributed by atoms with Crippen molar-refractivity contribution < 1.29 is 57.2 Å². The molecular formula is C22H33Br3O12. The largest absolute Gasteiger partial charge is 0.465 e. The van der Waals surface area contributed by atoms with Crippen molar-refractivity contribution >= 4 is 83.6 Å². The van der Waals surface area contributed by atoms with Crippen LogP contribution in [0.2, 0.25) is 0 Å². The molecule has 0 spiro atoms. The van der Waals surface area contributed by atoms with Gasteiger partial charge in [0, 0.05) is 6.42 Å². The van der Waals surface area contributed by atoms with E-state index in [0.29, 0.717) is 0 Å². The highest BCUT2D eigenvalue weighted by Crippen LogP contribution is 2.39. The monoisotopic (exact) mass is 726 g/mol. The lowest BCUT2D eigenvalue weighted by atomic mass is 9.93. The second kappa shape index (κ2) is 19.3. The Morgan fingerprint density at radius 1 is 0.514 bits per heavy atom. The van der Waals surface area contributed by atoms with Crippen molar-refractivity contribution in [3.63, 3.8) is 0 Å². The Hall–Kier alpha value is -1.74. The molecule has 12 nitrogen and oxygen atoms in total. The molecule has 0 aromatic carbocycles. The van der Waals surface area contributed by atoms with E-state index in [1.54, 1.807) is 41.5 Å². The third-order valence-electron chi connectivity index (χ3n) is 3.87. The fraction of sp³-hybridized carbons (Fsp3) is 0.727. The number of rotatable bonds is 14. The molecule has 37 heavy (non-hydrogen) atoms. The number of esters is 6. The van der Waals surface area contributed by atoms with Crippen LogP contribution in [0.5, 0.6) is 0 Å². The fourth-order valence-electron chi connectivity index (χ4n) is 2.30. The van der Waals surface area contributed by atoms with Crippen molar-refractivity contribution in [1.29, 1.82) is 0 Å². The van der Waals surface area contributed by atoms with E-state index in [1.165, 1.54) is 0 Å². The van der Waals surface area contributed by atoms with Gasteiger partial charge in [-0.05, 0) is 41.5 Å². The summed E-state index contributed by atoms with van der Waals surface area (Å²) in [7, 11) is 0. The molecule has 0 saturated heterocycles. The van der Waals surface area contributed by atoms with Crippen molar-refractivity contribution in [2.24, 2.45) is 0 Å². The van der Waals surface area contributed by atoms with Crippen LogP contribution in [0.25, 0.3) is 0 Å². The molecule has 15 heteroatoms. The molecular weight excluding hydrogens is 696 g/mol. The molecule has 0 bridgehead atoms. The Kier molecular flexibility index (Phi) is 19.6. The highest BCUT2D eigenvalue weighted by Gasteiger charge is 2.59. The Labute approximate surface area is 241 Å². The second-order valence-electron chi connectivity index (χ2n) is 6.53. The molecule has 0 aromatic heterocycles. The van der Waals surface area contributed by atoms with Crippen molar-refractivity contribution in [2.45, 2.75) is 61.4 Å². The van der Waals surface area contributed by atoms with Crippen LogP contribution < -0.4 is 0 Å². The van der Waals surface area contributed by atoms with E-state index < -0.39 is 55.7 Å². The Morgan fingerprint density at radius 2 is 0.730 bits per heavy atom. The minimum absolute atomic E-state index is 0.0142. The second-order valence-corrected chi connectivity index (χ2v) is 10.2. The van der Waals surface area contributed by atoms with Crippen molar-refractivity contribution in [3.05, 3.63) is 0 Å². The molecule has 0 aliphatic carbocycles. The maximum Gasteiger partial charge on any atom is 0.334 e. The topological polar surface area (TPSA) is 158 Å². The summed E-state index contributed by atoms with van der Waals surface area (Å²) in [5, 5.41) is 0. The van der Waals surface area contributed by atoms with Crippen LogP contribution in [0.3, 0.4) is 0 Å². The molecule has 0 N–H and O–H groups in total. The van der Waals surface area contributed by atoms with Gasteiger partial charge < -0.3 is 28.4 Å². The molecule has 0 radical (unpaired) electrons. The van der Waals surface area contributed by atoms with Gasteiger partial charge in [-0.15, -0.1) is 0 Å². The molecule has 0 unspecified atom stereocenters. The summed E-state index contributed by atoms with van der Waals surface area (Å²) in [5.41, 5.74) is 0. The lowest BCUT2D eigenvalue weighted by molar-refractivity contribution is -0.163.